The van der Waals surface area contributed by atoms with E-state index >= 15 is 0 Å². The van der Waals surface area contributed by atoms with Gasteiger partial charge in [-0.25, -0.2) is 0 Å². The summed E-state index contributed by atoms with van der Waals surface area (Å²) in [6, 6.07) is 0. The van der Waals surface area contributed by atoms with E-state index in [0.717, 1.165) is 6.54 Å². The van der Waals surface area contributed by atoms with Gasteiger partial charge in [-0.1, -0.05) is 38.5 Å². The molecule has 0 aromatic carbocycles. The molecule has 0 spiro atoms. The van der Waals surface area contributed by atoms with E-state index in [2.05, 4.69) is 32.4 Å². The number of hydrogen-bond donors (Lipinski definition) is 1. The fourth-order valence-corrected chi connectivity index (χ4v) is 2.76. The van der Waals surface area contributed by atoms with Crippen LogP contribution in [-0.4, -0.2) is 12.3 Å². The van der Waals surface area contributed by atoms with Crippen molar-refractivity contribution in [1.29, 1.82) is 0 Å². The highest BCUT2D eigenvalue weighted by molar-refractivity contribution is 8.76. The van der Waals surface area contributed by atoms with Crippen LogP contribution in [-0.2, 0) is 0 Å². The smallest absolute Gasteiger partial charge is 0.00981 e. The highest BCUT2D eigenvalue weighted by Crippen LogP contribution is 2.26. The minimum absolute atomic E-state index is 0.451. The zero-order valence-corrected chi connectivity index (χ0v) is 8.86. The van der Waals surface area contributed by atoms with Gasteiger partial charge in [0.25, 0.3) is 0 Å². The topological polar surface area (TPSA) is 12.0 Å². The highest BCUT2D eigenvalue weighted by atomic mass is 33.1. The fourth-order valence-electron chi connectivity index (χ4n) is 0.307. The molecule has 1 N–H and O–H groups in total. The predicted molar refractivity (Wildman–Crippen MR) is 53.2 cm³/mol. The number of rotatable bonds is 4. The van der Waals surface area contributed by atoms with Gasteiger partial charge in [-0.15, -0.1) is 0 Å². The Labute approximate surface area is 72.3 Å². The Morgan fingerprint density at radius 2 is 1.90 bits per heavy atom. The van der Waals surface area contributed by atoms with Gasteiger partial charge < -0.3 is 0 Å². The first kappa shape index (κ1) is 10.7. The molecule has 0 unspecified atom stereocenters. The van der Waals surface area contributed by atoms with Gasteiger partial charge >= 0.3 is 0 Å². The first-order valence-corrected chi connectivity index (χ1v) is 5.89. The molecule has 0 atom stereocenters. The van der Waals surface area contributed by atoms with Gasteiger partial charge in [0.05, 0.1) is 0 Å². The zero-order valence-electron chi connectivity index (χ0n) is 7.23. The van der Waals surface area contributed by atoms with Crippen LogP contribution in [0.1, 0.15) is 27.7 Å². The summed E-state index contributed by atoms with van der Waals surface area (Å²) in [7, 11) is 3.64. The van der Waals surface area contributed by atoms with Gasteiger partial charge in [-0.05, 0) is 16.4 Å². The molecule has 62 valence electrons. The molecule has 0 aliphatic heterocycles. The molecule has 0 aliphatic rings. The van der Waals surface area contributed by atoms with Crippen LogP contribution in [0.15, 0.2) is 0 Å². The van der Waals surface area contributed by atoms with E-state index in [0.29, 0.717) is 5.41 Å². The Bertz CT molecular complexity index is 78.2. The van der Waals surface area contributed by atoms with E-state index in [1.807, 2.05) is 10.8 Å². The maximum Gasteiger partial charge on any atom is 0.00981 e. The van der Waals surface area contributed by atoms with Crippen molar-refractivity contribution in [2.75, 3.05) is 12.3 Å². The molecular formula is C7H17NS2. The predicted octanol–water partition coefficient (Wildman–Crippen LogP) is 2.94. The molecule has 10 heavy (non-hydrogen) atoms. The van der Waals surface area contributed by atoms with Crippen molar-refractivity contribution in [3.63, 3.8) is 0 Å². The lowest BCUT2D eigenvalue weighted by Gasteiger charge is -2.16. The van der Waals surface area contributed by atoms with Gasteiger partial charge in [-0.3, -0.25) is 4.72 Å². The monoisotopic (exact) mass is 179 g/mol. The number of nitrogens with one attached hydrogen (secondary N) is 1. The van der Waals surface area contributed by atoms with Gasteiger partial charge in [0.1, 0.15) is 0 Å². The minimum Gasteiger partial charge on any atom is -0.255 e. The Hall–Kier alpha value is 0.660. The molecular weight excluding hydrogens is 162 g/mol. The maximum absolute atomic E-state index is 3.20. The maximum atomic E-state index is 3.20. The van der Waals surface area contributed by atoms with E-state index in [1.54, 1.807) is 11.0 Å². The molecule has 3 heteroatoms. The molecule has 0 aromatic rings. The van der Waals surface area contributed by atoms with E-state index in [9.17, 15) is 0 Å². The Morgan fingerprint density at radius 3 is 2.30 bits per heavy atom. The molecule has 1 nitrogen and oxygen atoms in total. The van der Waals surface area contributed by atoms with Crippen molar-refractivity contribution in [3.8, 4) is 0 Å². The Morgan fingerprint density at radius 1 is 1.30 bits per heavy atom. The summed E-state index contributed by atoms with van der Waals surface area (Å²) in [4.78, 5) is 0. The van der Waals surface area contributed by atoms with Gasteiger partial charge in [-0.2, -0.15) is 0 Å². The van der Waals surface area contributed by atoms with Crippen molar-refractivity contribution in [2.45, 2.75) is 27.7 Å². The number of hydrogen-bond acceptors (Lipinski definition) is 3. The van der Waals surface area contributed by atoms with Gasteiger partial charge in [0.15, 0.2) is 0 Å². The standard InChI is InChI=1S/C7H17NS2/c1-5-8-10-9-6-7(2,3)4/h8H,5-6H2,1-4H3. The molecule has 0 aliphatic carbocycles. The molecule has 0 rings (SSSR count). The lowest BCUT2D eigenvalue weighted by atomic mass is 10.0. The lowest BCUT2D eigenvalue weighted by molar-refractivity contribution is 0.482. The summed E-state index contributed by atoms with van der Waals surface area (Å²) < 4.78 is 3.20. The van der Waals surface area contributed by atoms with Crippen LogP contribution in [0, 0.1) is 5.41 Å². The average molecular weight is 179 g/mol. The minimum atomic E-state index is 0.451. The summed E-state index contributed by atoms with van der Waals surface area (Å²) in [5, 5.41) is 0. The molecule has 0 amide bonds. The van der Waals surface area contributed by atoms with Crippen LogP contribution < -0.4 is 4.72 Å². The first-order valence-electron chi connectivity index (χ1n) is 3.57. The third-order valence-corrected chi connectivity index (χ3v) is 3.32. The molecule has 0 bridgehead atoms. The summed E-state index contributed by atoms with van der Waals surface area (Å²) in [5.41, 5.74) is 0.451. The van der Waals surface area contributed by atoms with E-state index in [4.69, 9.17) is 0 Å². The molecule has 0 saturated heterocycles. The van der Waals surface area contributed by atoms with Crippen molar-refractivity contribution in [3.05, 3.63) is 0 Å². The van der Waals surface area contributed by atoms with Crippen molar-refractivity contribution in [1.82, 2.24) is 4.72 Å². The highest BCUT2D eigenvalue weighted by Gasteiger charge is 2.09. The zero-order chi connectivity index (χ0) is 8.04. The summed E-state index contributed by atoms with van der Waals surface area (Å²) in [5.74, 6) is 1.20. The van der Waals surface area contributed by atoms with Crippen LogP contribution in [0.5, 0.6) is 0 Å². The second-order valence-corrected chi connectivity index (χ2v) is 5.59. The third-order valence-electron chi connectivity index (χ3n) is 0.754. The fraction of sp³-hybridized carbons (Fsp3) is 1.00. The van der Waals surface area contributed by atoms with Crippen molar-refractivity contribution < 1.29 is 0 Å². The van der Waals surface area contributed by atoms with Crippen LogP contribution >= 0.6 is 21.8 Å². The van der Waals surface area contributed by atoms with E-state index in [1.165, 1.54) is 5.75 Å². The Balaban J connectivity index is 3.04. The third kappa shape index (κ3) is 8.66. The van der Waals surface area contributed by atoms with Crippen molar-refractivity contribution >= 4 is 21.8 Å². The van der Waals surface area contributed by atoms with E-state index < -0.39 is 0 Å². The quantitative estimate of drug-likeness (QED) is 0.405. The van der Waals surface area contributed by atoms with Crippen LogP contribution in [0.3, 0.4) is 0 Å². The second kappa shape index (κ2) is 5.33. The second-order valence-electron chi connectivity index (χ2n) is 3.40. The molecule has 0 aromatic heterocycles. The van der Waals surface area contributed by atoms with Crippen molar-refractivity contribution in [2.24, 2.45) is 5.41 Å². The summed E-state index contributed by atoms with van der Waals surface area (Å²) in [6.45, 7) is 9.93. The lowest BCUT2D eigenvalue weighted by Crippen LogP contribution is -2.08. The Kier molecular flexibility index (Phi) is 5.68. The molecule has 0 heterocycles. The van der Waals surface area contributed by atoms with Crippen LogP contribution in [0.25, 0.3) is 0 Å². The normalized spacial score (nSPS) is 12.0. The average Bonchev–Trinajstić information content (AvgIpc) is 1.78. The van der Waals surface area contributed by atoms with Crippen LogP contribution in [0.4, 0.5) is 0 Å². The summed E-state index contributed by atoms with van der Waals surface area (Å²) in [6.07, 6.45) is 0. The van der Waals surface area contributed by atoms with Gasteiger partial charge in [0.2, 0.25) is 0 Å². The molecule has 0 radical (unpaired) electrons. The van der Waals surface area contributed by atoms with E-state index in [-0.39, 0.29) is 0 Å². The molecule has 0 saturated carbocycles. The van der Waals surface area contributed by atoms with Gasteiger partial charge in [0, 0.05) is 12.3 Å². The van der Waals surface area contributed by atoms with Crippen LogP contribution in [0.2, 0.25) is 0 Å². The SMILES string of the molecule is CCNSSCC(C)(C)C. The first-order chi connectivity index (χ1) is 4.56. The summed E-state index contributed by atoms with van der Waals surface area (Å²) >= 11 is 0. The molecule has 0 fully saturated rings. The largest absolute Gasteiger partial charge is 0.255 e.